The predicted octanol–water partition coefficient (Wildman–Crippen LogP) is 2.22. The molecule has 1 amide bonds. The smallest absolute Gasteiger partial charge is 0.355 e. The molecule has 2 aromatic rings. The van der Waals surface area contributed by atoms with E-state index < -0.39 is 18.0 Å². The summed E-state index contributed by atoms with van der Waals surface area (Å²) in [6.45, 7) is 5.13. The Morgan fingerprint density at radius 3 is 2.45 bits per heavy atom. The summed E-state index contributed by atoms with van der Waals surface area (Å²) in [5.41, 5.74) is 3.20. The van der Waals surface area contributed by atoms with Crippen molar-refractivity contribution in [3.63, 3.8) is 0 Å². The molecule has 0 aliphatic heterocycles. The summed E-state index contributed by atoms with van der Waals surface area (Å²) in [6.07, 6.45) is -0.111. The van der Waals surface area contributed by atoms with Crippen molar-refractivity contribution in [2.75, 3.05) is 27.4 Å². The van der Waals surface area contributed by atoms with Gasteiger partial charge in [-0.15, -0.1) is 0 Å². The van der Waals surface area contributed by atoms with Crippen LogP contribution in [0.25, 0.3) is 0 Å². The predicted molar refractivity (Wildman–Crippen MR) is 107 cm³/mol. The molecule has 1 aromatic heterocycles. The number of carbonyl (C=O) groups is 2. The number of aromatic amines is 1. The van der Waals surface area contributed by atoms with Crippen molar-refractivity contribution in [2.24, 2.45) is 0 Å². The summed E-state index contributed by atoms with van der Waals surface area (Å²) in [7, 11) is 3.13. The number of methoxy groups -OCH3 is 2. The van der Waals surface area contributed by atoms with E-state index in [1.165, 1.54) is 0 Å². The number of esters is 1. The van der Waals surface area contributed by atoms with E-state index in [0.29, 0.717) is 41.3 Å². The van der Waals surface area contributed by atoms with E-state index in [1.807, 2.05) is 12.1 Å². The number of H-pyrrole nitrogens is 1. The second-order valence-corrected chi connectivity index (χ2v) is 6.71. The van der Waals surface area contributed by atoms with Crippen LogP contribution in [0, 0.1) is 13.8 Å². The number of ether oxygens (including phenoxy) is 3. The number of aromatic nitrogens is 1. The molecule has 29 heavy (non-hydrogen) atoms. The number of rotatable bonds is 9. The van der Waals surface area contributed by atoms with Crippen LogP contribution in [0.4, 0.5) is 0 Å². The van der Waals surface area contributed by atoms with Crippen molar-refractivity contribution in [3.05, 3.63) is 46.3 Å². The van der Waals surface area contributed by atoms with Gasteiger partial charge in [-0.1, -0.05) is 6.07 Å². The average molecular weight is 404 g/mol. The van der Waals surface area contributed by atoms with Gasteiger partial charge in [0.05, 0.1) is 20.3 Å². The molecular weight excluding hydrogens is 376 g/mol. The number of aliphatic hydroxyl groups excluding tert-OH is 1. The molecule has 2 rings (SSSR count). The average Bonchev–Trinajstić information content (AvgIpc) is 3.00. The van der Waals surface area contributed by atoms with E-state index in [-0.39, 0.29) is 12.3 Å². The fourth-order valence-electron chi connectivity index (χ4n) is 3.23. The van der Waals surface area contributed by atoms with Gasteiger partial charge >= 0.3 is 5.97 Å². The highest BCUT2D eigenvalue weighted by Crippen LogP contribution is 2.27. The van der Waals surface area contributed by atoms with Crippen LogP contribution in [0.1, 0.15) is 45.9 Å². The summed E-state index contributed by atoms with van der Waals surface area (Å²) in [5.74, 6) is 0.238. The molecular formula is C21H28N2O6. The lowest BCUT2D eigenvalue weighted by Crippen LogP contribution is -2.30. The number of benzene rings is 1. The number of aryl methyl sites for hydroxylation is 1. The van der Waals surface area contributed by atoms with Crippen LogP contribution in [-0.2, 0) is 16.0 Å². The van der Waals surface area contributed by atoms with Gasteiger partial charge in [-0.3, -0.25) is 4.79 Å². The molecule has 158 valence electrons. The molecule has 8 heteroatoms. The second-order valence-electron chi connectivity index (χ2n) is 6.71. The van der Waals surface area contributed by atoms with Crippen molar-refractivity contribution >= 4 is 11.9 Å². The van der Waals surface area contributed by atoms with Crippen LogP contribution < -0.4 is 14.8 Å². The summed E-state index contributed by atoms with van der Waals surface area (Å²) in [4.78, 5) is 27.1. The van der Waals surface area contributed by atoms with Crippen LogP contribution in [-0.4, -0.2) is 49.3 Å². The highest BCUT2D eigenvalue weighted by atomic mass is 16.5. The number of nitrogens with one attached hydrogen (secondary N) is 2. The molecule has 0 bridgehead atoms. The van der Waals surface area contributed by atoms with Crippen molar-refractivity contribution < 1.29 is 28.9 Å². The minimum atomic E-state index is -0.701. The first kappa shape index (κ1) is 22.3. The van der Waals surface area contributed by atoms with E-state index in [1.54, 1.807) is 41.1 Å². The molecule has 0 saturated heterocycles. The SMILES string of the molecule is COc1ccc(CCNC(=O)COC(=O)c2[nH]c(C)c([C@H](C)O)c2C)cc1OC. The highest BCUT2D eigenvalue weighted by Gasteiger charge is 2.21. The van der Waals surface area contributed by atoms with Gasteiger partial charge in [-0.2, -0.15) is 0 Å². The minimum Gasteiger partial charge on any atom is -0.493 e. The Labute approximate surface area is 170 Å². The Morgan fingerprint density at radius 1 is 1.17 bits per heavy atom. The fourth-order valence-corrected chi connectivity index (χ4v) is 3.23. The third kappa shape index (κ3) is 5.51. The zero-order chi connectivity index (χ0) is 21.6. The van der Waals surface area contributed by atoms with Crippen molar-refractivity contribution in [1.82, 2.24) is 10.3 Å². The van der Waals surface area contributed by atoms with Crippen molar-refractivity contribution in [3.8, 4) is 11.5 Å². The normalized spacial score (nSPS) is 11.7. The molecule has 3 N–H and O–H groups in total. The van der Waals surface area contributed by atoms with Gasteiger partial charge in [0, 0.05) is 17.8 Å². The van der Waals surface area contributed by atoms with Gasteiger partial charge in [0.25, 0.3) is 5.91 Å². The van der Waals surface area contributed by atoms with Crippen molar-refractivity contribution in [2.45, 2.75) is 33.3 Å². The first-order chi connectivity index (χ1) is 13.8. The quantitative estimate of drug-likeness (QED) is 0.553. The van der Waals surface area contributed by atoms with Crippen LogP contribution in [0.2, 0.25) is 0 Å². The number of amides is 1. The van der Waals surface area contributed by atoms with E-state index >= 15 is 0 Å². The van der Waals surface area contributed by atoms with Crippen LogP contribution >= 0.6 is 0 Å². The summed E-state index contributed by atoms with van der Waals surface area (Å²) in [6, 6.07) is 5.55. The number of aliphatic hydroxyl groups is 1. The van der Waals surface area contributed by atoms with Crippen LogP contribution in [0.15, 0.2) is 18.2 Å². The molecule has 1 heterocycles. The van der Waals surface area contributed by atoms with E-state index in [4.69, 9.17) is 14.2 Å². The number of hydrogen-bond donors (Lipinski definition) is 3. The van der Waals surface area contributed by atoms with Gasteiger partial charge in [0.1, 0.15) is 5.69 Å². The third-order valence-corrected chi connectivity index (χ3v) is 4.64. The van der Waals surface area contributed by atoms with E-state index in [2.05, 4.69) is 10.3 Å². The Hall–Kier alpha value is -3.00. The maximum absolute atomic E-state index is 12.2. The maximum Gasteiger partial charge on any atom is 0.355 e. The molecule has 0 spiro atoms. The lowest BCUT2D eigenvalue weighted by Gasteiger charge is -2.10. The zero-order valence-corrected chi connectivity index (χ0v) is 17.4. The molecule has 0 fully saturated rings. The molecule has 0 aliphatic carbocycles. The summed E-state index contributed by atoms with van der Waals surface area (Å²) in [5, 5.41) is 12.5. The first-order valence-electron chi connectivity index (χ1n) is 9.30. The topological polar surface area (TPSA) is 110 Å². The molecule has 0 radical (unpaired) electrons. The van der Waals surface area contributed by atoms with Gasteiger partial charge in [0.15, 0.2) is 18.1 Å². The summed E-state index contributed by atoms with van der Waals surface area (Å²) < 4.78 is 15.5. The van der Waals surface area contributed by atoms with Gasteiger partial charge < -0.3 is 29.6 Å². The Balaban J connectivity index is 1.83. The molecule has 8 nitrogen and oxygen atoms in total. The highest BCUT2D eigenvalue weighted by molar-refractivity contribution is 5.91. The van der Waals surface area contributed by atoms with Crippen molar-refractivity contribution in [1.29, 1.82) is 0 Å². The standard InChI is InChI=1S/C21H28N2O6/c1-12-19(14(3)24)13(2)23-20(12)21(26)29-11-18(25)22-9-8-15-6-7-16(27-4)17(10-15)28-5/h6-7,10,14,23-24H,8-9,11H2,1-5H3,(H,22,25)/t14-/m0/s1. The molecule has 0 aliphatic rings. The van der Waals surface area contributed by atoms with E-state index in [0.717, 1.165) is 5.56 Å². The molecule has 1 atom stereocenters. The van der Waals surface area contributed by atoms with Gasteiger partial charge in [-0.05, 0) is 50.5 Å². The lowest BCUT2D eigenvalue weighted by atomic mass is 10.1. The number of hydrogen-bond acceptors (Lipinski definition) is 6. The molecule has 1 aromatic carbocycles. The minimum absolute atomic E-state index is 0.247. The van der Waals surface area contributed by atoms with Crippen LogP contribution in [0.3, 0.4) is 0 Å². The fraction of sp³-hybridized carbons (Fsp3) is 0.429. The molecule has 0 saturated carbocycles. The monoisotopic (exact) mass is 404 g/mol. The van der Waals surface area contributed by atoms with Gasteiger partial charge in [0.2, 0.25) is 0 Å². The summed E-state index contributed by atoms with van der Waals surface area (Å²) >= 11 is 0. The zero-order valence-electron chi connectivity index (χ0n) is 17.4. The molecule has 0 unspecified atom stereocenters. The Bertz CT molecular complexity index is 872. The maximum atomic E-state index is 12.2. The first-order valence-corrected chi connectivity index (χ1v) is 9.30. The largest absolute Gasteiger partial charge is 0.493 e. The number of carbonyl (C=O) groups excluding carboxylic acids is 2. The third-order valence-electron chi connectivity index (χ3n) is 4.64. The second kappa shape index (κ2) is 9.97. The van der Waals surface area contributed by atoms with Crippen LogP contribution in [0.5, 0.6) is 11.5 Å². The van der Waals surface area contributed by atoms with Gasteiger partial charge in [-0.25, -0.2) is 4.79 Å². The lowest BCUT2D eigenvalue weighted by molar-refractivity contribution is -0.124. The Morgan fingerprint density at radius 2 is 1.86 bits per heavy atom. The van der Waals surface area contributed by atoms with E-state index in [9.17, 15) is 14.7 Å². The Kier molecular flexibility index (Phi) is 7.67.